The lowest BCUT2D eigenvalue weighted by Crippen LogP contribution is -2.28. The summed E-state index contributed by atoms with van der Waals surface area (Å²) in [6.07, 6.45) is 2.62. The van der Waals surface area contributed by atoms with Crippen LogP contribution in [0.15, 0.2) is 52.2 Å². The van der Waals surface area contributed by atoms with Gasteiger partial charge in [0, 0.05) is 35.6 Å². The van der Waals surface area contributed by atoms with Crippen molar-refractivity contribution in [3.8, 4) is 0 Å². The zero-order chi connectivity index (χ0) is 21.2. The minimum atomic E-state index is -3.61. The van der Waals surface area contributed by atoms with Gasteiger partial charge in [0.2, 0.25) is 20.9 Å². The van der Waals surface area contributed by atoms with Gasteiger partial charge in [0.15, 0.2) is 5.69 Å². The Balaban J connectivity index is 1.67. The summed E-state index contributed by atoms with van der Waals surface area (Å²) in [4.78, 5) is 28.7. The fourth-order valence-electron chi connectivity index (χ4n) is 2.75. The lowest BCUT2D eigenvalue weighted by atomic mass is 10.2. The first kappa shape index (κ1) is 21.0. The largest absolute Gasteiger partial charge is 0.350 e. The summed E-state index contributed by atoms with van der Waals surface area (Å²) in [7, 11) is -3.61. The van der Waals surface area contributed by atoms with E-state index in [2.05, 4.69) is 31.5 Å². The first-order valence-electron chi connectivity index (χ1n) is 8.68. The Hall–Kier alpha value is -2.72. The summed E-state index contributed by atoms with van der Waals surface area (Å²) in [5, 5.41) is 5.21. The Labute approximate surface area is 176 Å². The van der Waals surface area contributed by atoms with E-state index in [0.717, 1.165) is 16.3 Å². The van der Waals surface area contributed by atoms with Gasteiger partial charge in [0.05, 0.1) is 5.52 Å². The van der Waals surface area contributed by atoms with Gasteiger partial charge in [0.25, 0.3) is 5.91 Å². The van der Waals surface area contributed by atoms with Gasteiger partial charge in [-0.25, -0.2) is 13.4 Å². The SMILES string of the molecule is Cc1ccc(Br)cc1NC(=O)CCNC(=O)c1nc(S(C)(=O)=O)n2ccccc12. The number of halogens is 1. The van der Waals surface area contributed by atoms with E-state index in [4.69, 9.17) is 0 Å². The monoisotopic (exact) mass is 478 g/mol. The van der Waals surface area contributed by atoms with Crippen LogP contribution >= 0.6 is 15.9 Å². The molecule has 2 amide bonds. The highest BCUT2D eigenvalue weighted by atomic mass is 79.9. The summed E-state index contributed by atoms with van der Waals surface area (Å²) in [5.41, 5.74) is 1.98. The zero-order valence-electron chi connectivity index (χ0n) is 15.8. The van der Waals surface area contributed by atoms with Gasteiger partial charge in [-0.1, -0.05) is 28.1 Å². The van der Waals surface area contributed by atoms with E-state index in [-0.39, 0.29) is 29.7 Å². The van der Waals surface area contributed by atoms with E-state index in [0.29, 0.717) is 11.2 Å². The molecule has 0 fully saturated rings. The van der Waals surface area contributed by atoms with Crippen LogP contribution in [0.1, 0.15) is 22.5 Å². The average molecular weight is 479 g/mol. The van der Waals surface area contributed by atoms with Gasteiger partial charge in [-0.3, -0.25) is 14.0 Å². The molecule has 29 heavy (non-hydrogen) atoms. The number of benzene rings is 1. The number of sulfone groups is 1. The fourth-order valence-corrected chi connectivity index (χ4v) is 3.89. The van der Waals surface area contributed by atoms with E-state index in [1.165, 1.54) is 10.6 Å². The highest BCUT2D eigenvalue weighted by Crippen LogP contribution is 2.21. The molecule has 1 aromatic carbocycles. The molecule has 3 aromatic rings. The third-order valence-electron chi connectivity index (χ3n) is 4.17. The molecule has 0 saturated carbocycles. The number of nitrogens with one attached hydrogen (secondary N) is 2. The molecule has 0 aliphatic rings. The summed E-state index contributed by atoms with van der Waals surface area (Å²) in [5.74, 6) is -0.798. The van der Waals surface area contributed by atoms with E-state index in [1.807, 2.05) is 19.1 Å². The number of amides is 2. The number of hydrogen-bond acceptors (Lipinski definition) is 5. The molecule has 0 aliphatic carbocycles. The number of anilines is 1. The number of carbonyl (C=O) groups is 2. The van der Waals surface area contributed by atoms with Gasteiger partial charge < -0.3 is 10.6 Å². The standard InChI is InChI=1S/C19H19BrN4O4S/c1-12-6-7-13(20)11-14(12)22-16(25)8-9-21-18(26)17-15-5-3-4-10-24(15)19(23-17)29(2,27)28/h3-7,10-11H,8-9H2,1-2H3,(H,21,26)(H,22,25). The second kappa shape index (κ2) is 8.34. The van der Waals surface area contributed by atoms with Gasteiger partial charge in [-0.2, -0.15) is 0 Å². The first-order valence-corrected chi connectivity index (χ1v) is 11.4. The normalized spacial score (nSPS) is 11.4. The van der Waals surface area contributed by atoms with Crippen molar-refractivity contribution in [2.75, 3.05) is 18.1 Å². The van der Waals surface area contributed by atoms with Crippen molar-refractivity contribution >= 4 is 48.8 Å². The molecule has 2 N–H and O–H groups in total. The number of nitrogens with zero attached hydrogens (tertiary/aromatic N) is 2. The Morgan fingerprint density at radius 2 is 1.97 bits per heavy atom. The average Bonchev–Trinajstić information content (AvgIpc) is 3.05. The van der Waals surface area contributed by atoms with E-state index < -0.39 is 15.7 Å². The quantitative estimate of drug-likeness (QED) is 0.565. The summed E-state index contributed by atoms with van der Waals surface area (Å²) < 4.78 is 26.1. The summed E-state index contributed by atoms with van der Waals surface area (Å²) in [6, 6.07) is 10.5. The van der Waals surface area contributed by atoms with Crippen molar-refractivity contribution in [3.05, 3.63) is 58.3 Å². The molecular weight excluding hydrogens is 460 g/mol. The van der Waals surface area contributed by atoms with Gasteiger partial charge in [-0.05, 0) is 36.8 Å². The molecule has 152 valence electrons. The zero-order valence-corrected chi connectivity index (χ0v) is 18.2. The van der Waals surface area contributed by atoms with Crippen molar-refractivity contribution in [1.82, 2.24) is 14.7 Å². The highest BCUT2D eigenvalue weighted by molar-refractivity contribution is 9.10. The van der Waals surface area contributed by atoms with Gasteiger partial charge in [-0.15, -0.1) is 0 Å². The third kappa shape index (κ3) is 4.83. The first-order chi connectivity index (χ1) is 13.7. The van der Waals surface area contributed by atoms with Crippen LogP contribution in [-0.2, 0) is 14.6 Å². The molecule has 0 bridgehead atoms. The second-order valence-corrected chi connectivity index (χ2v) is 9.31. The van der Waals surface area contributed by atoms with Crippen LogP contribution in [0.3, 0.4) is 0 Å². The smallest absolute Gasteiger partial charge is 0.272 e. The second-order valence-electron chi connectivity index (χ2n) is 6.48. The fraction of sp³-hybridized carbons (Fsp3) is 0.211. The molecule has 10 heteroatoms. The maximum atomic E-state index is 12.5. The molecule has 0 unspecified atom stereocenters. The molecule has 2 heterocycles. The van der Waals surface area contributed by atoms with Crippen LogP contribution in [0.4, 0.5) is 5.69 Å². The van der Waals surface area contributed by atoms with Crippen LogP contribution < -0.4 is 10.6 Å². The van der Waals surface area contributed by atoms with E-state index >= 15 is 0 Å². The van der Waals surface area contributed by atoms with Gasteiger partial charge in [0.1, 0.15) is 0 Å². The lowest BCUT2D eigenvalue weighted by molar-refractivity contribution is -0.116. The van der Waals surface area contributed by atoms with Crippen molar-refractivity contribution in [1.29, 1.82) is 0 Å². The van der Waals surface area contributed by atoms with Crippen molar-refractivity contribution < 1.29 is 18.0 Å². The molecule has 0 atom stereocenters. The summed E-state index contributed by atoms with van der Waals surface area (Å²) >= 11 is 3.36. The predicted octanol–water partition coefficient (Wildman–Crippen LogP) is 2.57. The Morgan fingerprint density at radius 3 is 2.69 bits per heavy atom. The number of imidazole rings is 1. The molecule has 0 spiro atoms. The maximum Gasteiger partial charge on any atom is 0.272 e. The van der Waals surface area contributed by atoms with Crippen LogP contribution in [0.2, 0.25) is 0 Å². The number of aryl methyl sites for hydroxylation is 1. The number of hydrogen-bond donors (Lipinski definition) is 2. The topological polar surface area (TPSA) is 110 Å². The Morgan fingerprint density at radius 1 is 1.21 bits per heavy atom. The minimum Gasteiger partial charge on any atom is -0.350 e. The molecule has 0 saturated heterocycles. The maximum absolute atomic E-state index is 12.5. The third-order valence-corrected chi connectivity index (χ3v) is 5.62. The van der Waals surface area contributed by atoms with Crippen LogP contribution in [-0.4, -0.2) is 42.4 Å². The predicted molar refractivity (Wildman–Crippen MR) is 113 cm³/mol. The molecule has 2 aromatic heterocycles. The number of rotatable bonds is 6. The number of carbonyl (C=O) groups excluding carboxylic acids is 2. The molecule has 8 nitrogen and oxygen atoms in total. The number of pyridine rings is 1. The molecular formula is C19H19BrN4O4S. The molecule has 0 radical (unpaired) electrons. The Kier molecular flexibility index (Phi) is 6.04. The van der Waals surface area contributed by atoms with Crippen LogP contribution in [0.5, 0.6) is 0 Å². The van der Waals surface area contributed by atoms with Crippen LogP contribution in [0.25, 0.3) is 5.52 Å². The number of fused-ring (bicyclic) bond motifs is 1. The Bertz CT molecular complexity index is 1200. The van der Waals surface area contributed by atoms with Crippen molar-refractivity contribution in [2.24, 2.45) is 0 Å². The minimum absolute atomic E-state index is 0.00531. The summed E-state index contributed by atoms with van der Waals surface area (Å²) in [6.45, 7) is 1.96. The lowest BCUT2D eigenvalue weighted by Gasteiger charge is -2.09. The molecule has 0 aliphatic heterocycles. The van der Waals surface area contributed by atoms with Gasteiger partial charge >= 0.3 is 0 Å². The number of aromatic nitrogens is 2. The van der Waals surface area contributed by atoms with Crippen molar-refractivity contribution in [3.63, 3.8) is 0 Å². The highest BCUT2D eigenvalue weighted by Gasteiger charge is 2.22. The molecule has 3 rings (SSSR count). The van der Waals surface area contributed by atoms with E-state index in [9.17, 15) is 18.0 Å². The van der Waals surface area contributed by atoms with E-state index in [1.54, 1.807) is 24.3 Å². The van der Waals surface area contributed by atoms with Crippen molar-refractivity contribution in [2.45, 2.75) is 18.5 Å². The van der Waals surface area contributed by atoms with Crippen LogP contribution in [0, 0.1) is 6.92 Å².